The summed E-state index contributed by atoms with van der Waals surface area (Å²) in [6.45, 7) is 4.65. The Morgan fingerprint density at radius 1 is 1.08 bits per heavy atom. The van der Waals surface area contributed by atoms with Crippen LogP contribution in [0, 0.1) is 0 Å². The molecule has 0 spiro atoms. The van der Waals surface area contributed by atoms with E-state index in [0.29, 0.717) is 12.6 Å². The van der Waals surface area contributed by atoms with Crippen LogP contribution in [-0.2, 0) is 6.42 Å². The van der Waals surface area contributed by atoms with Gasteiger partial charge in [0, 0.05) is 19.1 Å². The van der Waals surface area contributed by atoms with Crippen molar-refractivity contribution in [2.45, 2.75) is 25.5 Å². The Labute approximate surface area is 154 Å². The fourth-order valence-corrected chi connectivity index (χ4v) is 3.86. The van der Waals surface area contributed by atoms with Gasteiger partial charge in [-0.3, -0.25) is 4.90 Å². The van der Waals surface area contributed by atoms with Crippen molar-refractivity contribution in [3.8, 4) is 23.0 Å². The molecule has 5 nitrogen and oxygen atoms in total. The zero-order valence-corrected chi connectivity index (χ0v) is 15.5. The fourth-order valence-electron chi connectivity index (χ4n) is 3.86. The maximum Gasteiger partial charge on any atom is 0.161 e. The lowest BCUT2D eigenvalue weighted by molar-refractivity contribution is 0.0447. The summed E-state index contributed by atoms with van der Waals surface area (Å²) in [6.07, 6.45) is 1.03. The highest BCUT2D eigenvalue weighted by Crippen LogP contribution is 2.38. The minimum Gasteiger partial charge on any atom is -0.493 e. The standard InChI is InChI=1S/C21H25NO4/c1-14-17-11-21(24-3)20(23-2)10-15(17)8-9-22(14)12-16-13-25-18-6-4-5-7-19(18)26-16/h4-7,10-11,14,16H,8-9,12-13H2,1-3H3/t14-,16?/m0/s1. The van der Waals surface area contributed by atoms with E-state index >= 15 is 0 Å². The zero-order chi connectivity index (χ0) is 18.1. The molecule has 0 radical (unpaired) electrons. The van der Waals surface area contributed by atoms with Gasteiger partial charge in [0.25, 0.3) is 0 Å². The summed E-state index contributed by atoms with van der Waals surface area (Å²) in [4.78, 5) is 2.45. The number of ether oxygens (including phenoxy) is 4. The summed E-state index contributed by atoms with van der Waals surface area (Å²) in [6, 6.07) is 12.4. The van der Waals surface area contributed by atoms with E-state index in [0.717, 1.165) is 42.5 Å². The number of para-hydroxylation sites is 2. The molecule has 0 saturated heterocycles. The lowest BCUT2D eigenvalue weighted by atomic mass is 9.92. The van der Waals surface area contributed by atoms with Crippen molar-refractivity contribution < 1.29 is 18.9 Å². The molecular formula is C21H25NO4. The lowest BCUT2D eigenvalue weighted by Crippen LogP contribution is -2.44. The first-order valence-corrected chi connectivity index (χ1v) is 9.07. The van der Waals surface area contributed by atoms with Gasteiger partial charge in [0.2, 0.25) is 0 Å². The number of methoxy groups -OCH3 is 2. The van der Waals surface area contributed by atoms with Crippen LogP contribution in [0.25, 0.3) is 0 Å². The third kappa shape index (κ3) is 3.07. The van der Waals surface area contributed by atoms with Crippen molar-refractivity contribution in [1.82, 2.24) is 4.90 Å². The molecule has 2 aromatic rings. The van der Waals surface area contributed by atoms with Crippen LogP contribution in [0.2, 0.25) is 0 Å². The van der Waals surface area contributed by atoms with E-state index in [1.165, 1.54) is 11.1 Å². The van der Waals surface area contributed by atoms with Gasteiger partial charge < -0.3 is 18.9 Å². The quantitative estimate of drug-likeness (QED) is 0.840. The molecule has 0 amide bonds. The highest BCUT2D eigenvalue weighted by atomic mass is 16.6. The molecule has 0 aliphatic carbocycles. The summed E-state index contributed by atoms with van der Waals surface area (Å²) in [5.41, 5.74) is 2.63. The molecule has 2 atom stereocenters. The number of rotatable bonds is 4. The second kappa shape index (κ2) is 7.08. The van der Waals surface area contributed by atoms with Crippen molar-refractivity contribution in [3.05, 3.63) is 47.5 Å². The van der Waals surface area contributed by atoms with Crippen LogP contribution in [0.1, 0.15) is 24.1 Å². The Morgan fingerprint density at radius 3 is 2.58 bits per heavy atom. The molecule has 138 valence electrons. The largest absolute Gasteiger partial charge is 0.493 e. The van der Waals surface area contributed by atoms with Crippen LogP contribution >= 0.6 is 0 Å². The van der Waals surface area contributed by atoms with Crippen LogP contribution in [0.4, 0.5) is 0 Å². The summed E-state index contributed by atoms with van der Waals surface area (Å²) >= 11 is 0. The molecule has 0 N–H and O–H groups in total. The van der Waals surface area contributed by atoms with Crippen LogP contribution in [0.15, 0.2) is 36.4 Å². The molecule has 1 unspecified atom stereocenters. The van der Waals surface area contributed by atoms with E-state index in [-0.39, 0.29) is 6.10 Å². The van der Waals surface area contributed by atoms with Crippen molar-refractivity contribution in [3.63, 3.8) is 0 Å². The number of nitrogens with zero attached hydrogens (tertiary/aromatic N) is 1. The van der Waals surface area contributed by atoms with E-state index in [2.05, 4.69) is 24.0 Å². The SMILES string of the molecule is COc1cc2c(cc1OC)[C@H](C)N(CC1COc3ccccc3O1)CC2. The zero-order valence-electron chi connectivity index (χ0n) is 15.5. The molecule has 26 heavy (non-hydrogen) atoms. The van der Waals surface area contributed by atoms with Gasteiger partial charge in [0.15, 0.2) is 23.0 Å². The molecule has 0 aromatic heterocycles. The molecule has 2 aliphatic heterocycles. The van der Waals surface area contributed by atoms with Gasteiger partial charge in [-0.2, -0.15) is 0 Å². The molecule has 0 bridgehead atoms. The highest BCUT2D eigenvalue weighted by Gasteiger charge is 2.30. The summed E-state index contributed by atoms with van der Waals surface area (Å²) in [7, 11) is 3.36. The smallest absolute Gasteiger partial charge is 0.161 e. The monoisotopic (exact) mass is 355 g/mol. The topological polar surface area (TPSA) is 40.2 Å². The summed E-state index contributed by atoms with van der Waals surface area (Å²) < 4.78 is 22.9. The number of hydrogen-bond donors (Lipinski definition) is 0. The van der Waals surface area contributed by atoms with Gasteiger partial charge >= 0.3 is 0 Å². The summed E-state index contributed by atoms with van der Waals surface area (Å²) in [5, 5.41) is 0. The number of fused-ring (bicyclic) bond motifs is 2. The number of benzene rings is 2. The average molecular weight is 355 g/mol. The first kappa shape index (κ1) is 17.0. The van der Waals surface area contributed by atoms with E-state index in [9.17, 15) is 0 Å². The minimum atomic E-state index is 0.0362. The average Bonchev–Trinajstić information content (AvgIpc) is 2.69. The van der Waals surface area contributed by atoms with Crippen LogP contribution in [0.3, 0.4) is 0 Å². The predicted molar refractivity (Wildman–Crippen MR) is 99.6 cm³/mol. The summed E-state index contributed by atoms with van der Waals surface area (Å²) in [5.74, 6) is 3.25. The normalized spacial score (nSPS) is 21.8. The van der Waals surface area contributed by atoms with E-state index in [1.54, 1.807) is 14.2 Å². The van der Waals surface area contributed by atoms with Gasteiger partial charge in [-0.15, -0.1) is 0 Å². The second-order valence-corrected chi connectivity index (χ2v) is 6.82. The Balaban J connectivity index is 1.50. The molecule has 2 aromatic carbocycles. The molecular weight excluding hydrogens is 330 g/mol. The fraction of sp³-hybridized carbons (Fsp3) is 0.429. The van der Waals surface area contributed by atoms with E-state index < -0.39 is 0 Å². The predicted octanol–water partition coefficient (Wildman–Crippen LogP) is 3.46. The van der Waals surface area contributed by atoms with E-state index in [4.69, 9.17) is 18.9 Å². The van der Waals surface area contributed by atoms with Gasteiger partial charge in [0.1, 0.15) is 12.7 Å². The molecule has 0 fully saturated rings. The first-order valence-electron chi connectivity index (χ1n) is 9.07. The van der Waals surface area contributed by atoms with Gasteiger partial charge in [-0.05, 0) is 48.7 Å². The molecule has 2 aliphatic rings. The molecule has 4 rings (SSSR count). The van der Waals surface area contributed by atoms with Crippen LogP contribution in [-0.4, -0.2) is 44.9 Å². The minimum absolute atomic E-state index is 0.0362. The highest BCUT2D eigenvalue weighted by molar-refractivity contribution is 5.49. The second-order valence-electron chi connectivity index (χ2n) is 6.82. The molecule has 2 heterocycles. The van der Waals surface area contributed by atoms with Crippen molar-refractivity contribution in [1.29, 1.82) is 0 Å². The Morgan fingerprint density at radius 2 is 1.81 bits per heavy atom. The van der Waals surface area contributed by atoms with Gasteiger partial charge in [-0.25, -0.2) is 0 Å². The van der Waals surface area contributed by atoms with Crippen LogP contribution < -0.4 is 18.9 Å². The molecule has 5 heteroatoms. The maximum absolute atomic E-state index is 6.14. The maximum atomic E-state index is 6.14. The van der Waals surface area contributed by atoms with Crippen molar-refractivity contribution >= 4 is 0 Å². The Kier molecular flexibility index (Phi) is 4.64. The first-order chi connectivity index (χ1) is 12.7. The van der Waals surface area contributed by atoms with Gasteiger partial charge in [-0.1, -0.05) is 12.1 Å². The van der Waals surface area contributed by atoms with Crippen molar-refractivity contribution in [2.75, 3.05) is 33.9 Å². The van der Waals surface area contributed by atoms with E-state index in [1.807, 2.05) is 24.3 Å². The molecule has 0 saturated carbocycles. The number of hydrogen-bond acceptors (Lipinski definition) is 5. The lowest BCUT2D eigenvalue weighted by Gasteiger charge is -2.38. The Hall–Kier alpha value is -2.40. The third-order valence-corrected chi connectivity index (χ3v) is 5.32. The Bertz CT molecular complexity index is 792. The third-order valence-electron chi connectivity index (χ3n) is 5.32. The van der Waals surface area contributed by atoms with Crippen molar-refractivity contribution in [2.24, 2.45) is 0 Å². The van der Waals surface area contributed by atoms with Gasteiger partial charge in [0.05, 0.1) is 14.2 Å². The van der Waals surface area contributed by atoms with Crippen LogP contribution in [0.5, 0.6) is 23.0 Å².